The summed E-state index contributed by atoms with van der Waals surface area (Å²) >= 11 is 0. The molecule has 2 heterocycles. The second-order valence-electron chi connectivity index (χ2n) is 8.12. The Bertz CT molecular complexity index is 1300. The predicted octanol–water partition coefficient (Wildman–Crippen LogP) is 4.16. The second kappa shape index (κ2) is 11.7. The van der Waals surface area contributed by atoms with Crippen molar-refractivity contribution in [2.24, 2.45) is 0 Å². The van der Waals surface area contributed by atoms with E-state index in [1.807, 2.05) is 12.1 Å². The molecule has 4 rings (SSSR count). The predicted molar refractivity (Wildman–Crippen MR) is 131 cm³/mol. The Kier molecular flexibility index (Phi) is 8.14. The van der Waals surface area contributed by atoms with Crippen LogP contribution in [0, 0.1) is 11.6 Å². The van der Waals surface area contributed by atoms with Gasteiger partial charge in [-0.25, -0.2) is 8.78 Å². The Labute approximate surface area is 207 Å². The van der Waals surface area contributed by atoms with Gasteiger partial charge in [0.2, 0.25) is 0 Å². The number of carbonyl (C=O) groups is 1. The number of amides is 1. The number of ether oxygens (including phenoxy) is 1. The number of benzene rings is 2. The minimum atomic E-state index is -0.685. The molecule has 4 aromatic rings. The Morgan fingerprint density at radius 2 is 1.92 bits per heavy atom. The molecule has 0 aliphatic heterocycles. The van der Waals surface area contributed by atoms with Gasteiger partial charge in [0.15, 0.2) is 0 Å². The minimum Gasteiger partial charge on any atom is -0.394 e. The number of halogens is 2. The van der Waals surface area contributed by atoms with E-state index >= 15 is 4.39 Å². The van der Waals surface area contributed by atoms with E-state index in [1.54, 1.807) is 37.4 Å². The number of aromatic amines is 1. The van der Waals surface area contributed by atoms with Crippen LogP contribution in [0.25, 0.3) is 22.5 Å². The molecule has 9 heteroatoms. The molecule has 0 aliphatic rings. The Morgan fingerprint density at radius 1 is 1.11 bits per heavy atom. The van der Waals surface area contributed by atoms with E-state index in [1.165, 1.54) is 30.3 Å². The lowest BCUT2D eigenvalue weighted by molar-refractivity contribution is -0.00330. The quantitative estimate of drug-likeness (QED) is 0.309. The summed E-state index contributed by atoms with van der Waals surface area (Å²) in [7, 11) is 0. The number of aliphatic hydroxyl groups is 1. The van der Waals surface area contributed by atoms with Gasteiger partial charge in [-0.15, -0.1) is 0 Å². The van der Waals surface area contributed by atoms with E-state index in [9.17, 15) is 14.3 Å². The van der Waals surface area contributed by atoms with Gasteiger partial charge in [0, 0.05) is 36.0 Å². The normalized spacial score (nSPS) is 12.8. The molecule has 2 atom stereocenters. The van der Waals surface area contributed by atoms with Crippen molar-refractivity contribution in [3.05, 3.63) is 95.8 Å². The van der Waals surface area contributed by atoms with E-state index in [4.69, 9.17) is 4.74 Å². The molecule has 2 aromatic heterocycles. The molecule has 0 radical (unpaired) electrons. The molecule has 7 nitrogen and oxygen atoms in total. The monoisotopic (exact) mass is 492 g/mol. The fourth-order valence-corrected chi connectivity index (χ4v) is 3.98. The lowest BCUT2D eigenvalue weighted by Gasteiger charge is -2.27. The molecule has 0 saturated heterocycles. The van der Waals surface area contributed by atoms with Crippen LogP contribution in [0.4, 0.5) is 8.78 Å². The molecule has 2 aromatic carbocycles. The fourth-order valence-electron chi connectivity index (χ4n) is 3.98. The largest absolute Gasteiger partial charge is 0.394 e. The highest BCUT2D eigenvalue weighted by atomic mass is 19.1. The highest BCUT2D eigenvalue weighted by Gasteiger charge is 2.27. The molecule has 0 unspecified atom stereocenters. The number of nitrogens with zero attached hydrogens (tertiary/aromatic N) is 2. The van der Waals surface area contributed by atoms with Gasteiger partial charge in [-0.2, -0.15) is 5.10 Å². The molecule has 36 heavy (non-hydrogen) atoms. The number of pyridine rings is 1. The van der Waals surface area contributed by atoms with E-state index in [0.717, 1.165) is 0 Å². The molecule has 3 N–H and O–H groups in total. The summed E-state index contributed by atoms with van der Waals surface area (Å²) in [4.78, 5) is 17.7. The molecular weight excluding hydrogens is 466 g/mol. The average Bonchev–Trinajstić information content (AvgIpc) is 3.37. The van der Waals surface area contributed by atoms with Crippen molar-refractivity contribution >= 4 is 5.91 Å². The van der Waals surface area contributed by atoms with Crippen LogP contribution in [-0.4, -0.2) is 51.6 Å². The maximum absolute atomic E-state index is 15.0. The molecular formula is C27H26F2N4O3. The summed E-state index contributed by atoms with van der Waals surface area (Å²) in [5.41, 5.74) is 2.25. The van der Waals surface area contributed by atoms with Crippen LogP contribution >= 0.6 is 0 Å². The van der Waals surface area contributed by atoms with Crippen molar-refractivity contribution in [3.8, 4) is 22.5 Å². The van der Waals surface area contributed by atoms with Crippen LogP contribution in [0.3, 0.4) is 0 Å². The van der Waals surface area contributed by atoms with Gasteiger partial charge in [-0.05, 0) is 61.5 Å². The van der Waals surface area contributed by atoms with E-state index in [2.05, 4.69) is 20.5 Å². The van der Waals surface area contributed by atoms with Gasteiger partial charge in [0.05, 0.1) is 29.6 Å². The number of rotatable bonds is 10. The Balaban J connectivity index is 1.64. The van der Waals surface area contributed by atoms with Crippen LogP contribution in [0.5, 0.6) is 0 Å². The first-order valence-electron chi connectivity index (χ1n) is 11.5. The van der Waals surface area contributed by atoms with E-state index in [-0.39, 0.29) is 23.6 Å². The third kappa shape index (κ3) is 5.81. The van der Waals surface area contributed by atoms with Gasteiger partial charge >= 0.3 is 0 Å². The Morgan fingerprint density at radius 3 is 2.61 bits per heavy atom. The zero-order valence-electron chi connectivity index (χ0n) is 19.6. The lowest BCUT2D eigenvalue weighted by atomic mass is 10.00. The number of hydrogen-bond acceptors (Lipinski definition) is 5. The maximum Gasteiger partial charge on any atom is 0.252 e. The first-order chi connectivity index (χ1) is 17.5. The number of aromatic nitrogens is 3. The summed E-state index contributed by atoms with van der Waals surface area (Å²) in [6.07, 6.45) is 1.27. The first-order valence-corrected chi connectivity index (χ1v) is 11.5. The molecule has 186 valence electrons. The summed E-state index contributed by atoms with van der Waals surface area (Å²) in [6.45, 7) is 1.82. The van der Waals surface area contributed by atoms with Gasteiger partial charge in [-0.3, -0.25) is 14.9 Å². The zero-order chi connectivity index (χ0) is 25.5. The van der Waals surface area contributed by atoms with Gasteiger partial charge in [-0.1, -0.05) is 12.1 Å². The highest BCUT2D eigenvalue weighted by Crippen LogP contribution is 2.29. The molecule has 0 saturated carbocycles. The molecule has 0 aliphatic carbocycles. The van der Waals surface area contributed by atoms with Crippen LogP contribution < -0.4 is 5.32 Å². The van der Waals surface area contributed by atoms with Crippen LogP contribution in [0.15, 0.2) is 72.9 Å². The van der Waals surface area contributed by atoms with Crippen LogP contribution in [-0.2, 0) is 11.2 Å². The van der Waals surface area contributed by atoms with Crippen molar-refractivity contribution in [1.82, 2.24) is 20.5 Å². The first kappa shape index (κ1) is 25.2. The van der Waals surface area contributed by atoms with Crippen molar-refractivity contribution in [1.29, 1.82) is 0 Å². The summed E-state index contributed by atoms with van der Waals surface area (Å²) in [6, 6.07) is 16.4. The molecule has 0 spiro atoms. The standard InChI is InChI=1S/C27H26F2N4O3/c1-2-36-25(16-34)23(14-19-6-3-4-13-30-19)31-27(35)20-7-5-8-21(29)26(20)24-15-22(32-33-24)17-9-11-18(28)12-10-17/h3-13,15,23,25,34H,2,14,16H2,1H3,(H,31,35)(H,32,33)/t23-,25-/m1/s1. The lowest BCUT2D eigenvalue weighted by Crippen LogP contribution is -2.48. The van der Waals surface area contributed by atoms with Crippen LogP contribution in [0.2, 0.25) is 0 Å². The smallest absolute Gasteiger partial charge is 0.252 e. The highest BCUT2D eigenvalue weighted by molar-refractivity contribution is 6.01. The molecule has 0 fully saturated rings. The molecule has 1 amide bonds. The van der Waals surface area contributed by atoms with Crippen molar-refractivity contribution in [3.63, 3.8) is 0 Å². The van der Waals surface area contributed by atoms with Gasteiger partial charge in [0.1, 0.15) is 17.7 Å². The SMILES string of the molecule is CCO[C@H](CO)[C@@H](Cc1ccccn1)NC(=O)c1cccc(F)c1-c1cc(-c2ccc(F)cc2)n[nH]1. The van der Waals surface area contributed by atoms with Crippen molar-refractivity contribution in [2.75, 3.05) is 13.2 Å². The summed E-state index contributed by atoms with van der Waals surface area (Å²) in [5.74, 6) is -1.53. The number of aliphatic hydroxyl groups excluding tert-OH is 1. The average molecular weight is 493 g/mol. The number of carbonyl (C=O) groups excluding carboxylic acids is 1. The van der Waals surface area contributed by atoms with Gasteiger partial charge < -0.3 is 15.2 Å². The van der Waals surface area contributed by atoms with E-state index in [0.29, 0.717) is 35.7 Å². The van der Waals surface area contributed by atoms with Crippen molar-refractivity contribution in [2.45, 2.75) is 25.5 Å². The zero-order valence-corrected chi connectivity index (χ0v) is 19.6. The van der Waals surface area contributed by atoms with Crippen molar-refractivity contribution < 1.29 is 23.4 Å². The fraction of sp³-hybridized carbons (Fsp3) is 0.222. The third-order valence-corrected chi connectivity index (χ3v) is 5.73. The number of hydrogen-bond donors (Lipinski definition) is 3. The Hall–Kier alpha value is -3.95. The summed E-state index contributed by atoms with van der Waals surface area (Å²) < 4.78 is 34.0. The van der Waals surface area contributed by atoms with Gasteiger partial charge in [0.25, 0.3) is 5.91 Å². The minimum absolute atomic E-state index is 0.0457. The third-order valence-electron chi connectivity index (χ3n) is 5.73. The number of H-pyrrole nitrogens is 1. The summed E-state index contributed by atoms with van der Waals surface area (Å²) in [5, 5.41) is 19.8. The van der Waals surface area contributed by atoms with E-state index < -0.39 is 23.9 Å². The topological polar surface area (TPSA) is 100 Å². The van der Waals surface area contributed by atoms with Crippen LogP contribution in [0.1, 0.15) is 23.0 Å². The number of nitrogens with one attached hydrogen (secondary N) is 2. The second-order valence-corrected chi connectivity index (χ2v) is 8.12. The maximum atomic E-state index is 15.0. The molecule has 0 bridgehead atoms.